The van der Waals surface area contributed by atoms with Gasteiger partial charge in [0.15, 0.2) is 0 Å². The second-order valence-electron chi connectivity index (χ2n) is 4.55. The van der Waals surface area contributed by atoms with E-state index in [1.54, 1.807) is 42.6 Å². The largest absolute Gasteiger partial charge is 0.411 e. The van der Waals surface area contributed by atoms with E-state index in [-0.39, 0.29) is 22.8 Å². The van der Waals surface area contributed by atoms with Crippen LogP contribution in [-0.4, -0.2) is 26.8 Å². The Bertz CT molecular complexity index is 858. The zero-order valence-electron chi connectivity index (χ0n) is 12.1. The van der Waals surface area contributed by atoms with E-state index < -0.39 is 0 Å². The Kier molecular flexibility index (Phi) is 5.34. The van der Waals surface area contributed by atoms with Crippen molar-refractivity contribution >= 4 is 46.7 Å². The third-order valence-corrected chi connectivity index (χ3v) is 4.19. The second-order valence-corrected chi connectivity index (χ2v) is 6.32. The van der Waals surface area contributed by atoms with Crippen molar-refractivity contribution in [3.8, 4) is 11.5 Å². The van der Waals surface area contributed by atoms with Crippen LogP contribution in [0.3, 0.4) is 0 Å². The summed E-state index contributed by atoms with van der Waals surface area (Å²) < 4.78 is 5.51. The van der Waals surface area contributed by atoms with E-state index in [4.69, 9.17) is 27.6 Å². The summed E-state index contributed by atoms with van der Waals surface area (Å²) in [5.74, 6) is 0.654. The van der Waals surface area contributed by atoms with Gasteiger partial charge in [-0.1, -0.05) is 41.0 Å². The zero-order chi connectivity index (χ0) is 16.9. The molecule has 1 N–H and O–H groups in total. The van der Waals surface area contributed by atoms with Crippen molar-refractivity contribution in [1.29, 1.82) is 0 Å². The lowest BCUT2D eigenvalue weighted by atomic mass is 10.2. The molecule has 0 spiro atoms. The SMILES string of the molecule is O=C(CSc1nnc(-c2ccc(Cl)cc2Cl)o1)Nc1ccccn1. The molecule has 3 aromatic rings. The Morgan fingerprint density at radius 1 is 1.21 bits per heavy atom. The van der Waals surface area contributed by atoms with Gasteiger partial charge in [0.2, 0.25) is 11.8 Å². The number of benzene rings is 1. The molecule has 0 aliphatic carbocycles. The predicted molar refractivity (Wildman–Crippen MR) is 93.3 cm³/mol. The maximum atomic E-state index is 11.9. The number of carbonyl (C=O) groups excluding carboxylic acids is 1. The lowest BCUT2D eigenvalue weighted by molar-refractivity contribution is -0.113. The monoisotopic (exact) mass is 380 g/mol. The van der Waals surface area contributed by atoms with Crippen molar-refractivity contribution in [3.63, 3.8) is 0 Å². The summed E-state index contributed by atoms with van der Waals surface area (Å²) in [5, 5.41) is 11.7. The van der Waals surface area contributed by atoms with Crippen molar-refractivity contribution in [1.82, 2.24) is 15.2 Å². The smallest absolute Gasteiger partial charge is 0.277 e. The molecular formula is C15H10Cl2N4O2S. The van der Waals surface area contributed by atoms with Crippen molar-refractivity contribution in [2.24, 2.45) is 0 Å². The number of hydrogen-bond acceptors (Lipinski definition) is 6. The van der Waals surface area contributed by atoms with Crippen LogP contribution in [-0.2, 0) is 4.79 Å². The summed E-state index contributed by atoms with van der Waals surface area (Å²) in [6.07, 6.45) is 1.60. The maximum absolute atomic E-state index is 11.9. The molecule has 3 rings (SSSR count). The maximum Gasteiger partial charge on any atom is 0.277 e. The van der Waals surface area contributed by atoms with Gasteiger partial charge in [0.25, 0.3) is 5.22 Å². The number of amides is 1. The van der Waals surface area contributed by atoms with E-state index in [0.717, 1.165) is 11.8 Å². The molecule has 0 radical (unpaired) electrons. The molecule has 2 aromatic heterocycles. The number of nitrogens with zero attached hydrogens (tertiary/aromatic N) is 3. The van der Waals surface area contributed by atoms with Crippen LogP contribution in [0.15, 0.2) is 52.2 Å². The number of pyridine rings is 1. The number of thioether (sulfide) groups is 1. The highest BCUT2D eigenvalue weighted by Gasteiger charge is 2.14. The average Bonchev–Trinajstić information content (AvgIpc) is 3.02. The Morgan fingerprint density at radius 2 is 2.08 bits per heavy atom. The van der Waals surface area contributed by atoms with Crippen LogP contribution < -0.4 is 5.32 Å². The van der Waals surface area contributed by atoms with Gasteiger partial charge in [-0.2, -0.15) is 0 Å². The van der Waals surface area contributed by atoms with E-state index in [0.29, 0.717) is 21.4 Å². The van der Waals surface area contributed by atoms with Crippen LogP contribution in [0.5, 0.6) is 0 Å². The van der Waals surface area contributed by atoms with E-state index in [1.807, 2.05) is 0 Å². The fourth-order valence-corrected chi connectivity index (χ4v) is 2.84. The van der Waals surface area contributed by atoms with Gasteiger partial charge in [-0.25, -0.2) is 4.98 Å². The van der Waals surface area contributed by atoms with E-state index in [9.17, 15) is 4.79 Å². The van der Waals surface area contributed by atoms with Gasteiger partial charge in [0.1, 0.15) is 5.82 Å². The third kappa shape index (κ3) is 4.25. The molecule has 1 amide bonds. The minimum atomic E-state index is -0.219. The average molecular weight is 381 g/mol. The number of carbonyl (C=O) groups is 1. The van der Waals surface area contributed by atoms with Gasteiger partial charge in [-0.05, 0) is 30.3 Å². The second kappa shape index (κ2) is 7.65. The van der Waals surface area contributed by atoms with Gasteiger partial charge in [-0.15, -0.1) is 10.2 Å². The summed E-state index contributed by atoms with van der Waals surface area (Å²) in [6.45, 7) is 0. The molecule has 0 aliphatic heterocycles. The number of anilines is 1. The molecule has 6 nitrogen and oxygen atoms in total. The van der Waals surface area contributed by atoms with Crippen LogP contribution in [0.2, 0.25) is 10.0 Å². The highest BCUT2D eigenvalue weighted by atomic mass is 35.5. The van der Waals surface area contributed by atoms with Crippen LogP contribution in [0.25, 0.3) is 11.5 Å². The van der Waals surface area contributed by atoms with Crippen LogP contribution in [0, 0.1) is 0 Å². The summed E-state index contributed by atoms with van der Waals surface area (Å²) in [5.41, 5.74) is 0.582. The summed E-state index contributed by atoms with van der Waals surface area (Å²) in [4.78, 5) is 15.9. The fraction of sp³-hybridized carbons (Fsp3) is 0.0667. The van der Waals surface area contributed by atoms with Crippen molar-refractivity contribution in [3.05, 3.63) is 52.6 Å². The normalized spacial score (nSPS) is 10.6. The van der Waals surface area contributed by atoms with Gasteiger partial charge >= 0.3 is 0 Å². The number of nitrogens with one attached hydrogen (secondary N) is 1. The molecule has 0 atom stereocenters. The quantitative estimate of drug-likeness (QED) is 0.668. The Morgan fingerprint density at radius 3 is 2.83 bits per heavy atom. The molecule has 9 heteroatoms. The third-order valence-electron chi connectivity index (χ3n) is 2.83. The number of halogens is 2. The van der Waals surface area contributed by atoms with E-state index in [2.05, 4.69) is 20.5 Å². The molecule has 0 fully saturated rings. The molecule has 0 saturated heterocycles. The van der Waals surface area contributed by atoms with Gasteiger partial charge in [0, 0.05) is 11.2 Å². The number of rotatable bonds is 5. The number of aromatic nitrogens is 3. The molecule has 0 aliphatic rings. The highest BCUT2D eigenvalue weighted by Crippen LogP contribution is 2.30. The number of hydrogen-bond donors (Lipinski definition) is 1. The molecule has 0 bridgehead atoms. The van der Waals surface area contributed by atoms with Crippen LogP contribution in [0.4, 0.5) is 5.82 Å². The van der Waals surface area contributed by atoms with Gasteiger partial charge in [0.05, 0.1) is 16.3 Å². The minimum Gasteiger partial charge on any atom is -0.411 e. The Hall–Kier alpha value is -2.09. The van der Waals surface area contributed by atoms with Crippen LogP contribution >= 0.6 is 35.0 Å². The van der Waals surface area contributed by atoms with Gasteiger partial charge < -0.3 is 9.73 Å². The standard InChI is InChI=1S/C15H10Cl2N4O2S/c16-9-4-5-10(11(17)7-9)14-20-21-15(23-14)24-8-13(22)19-12-3-1-2-6-18-12/h1-7H,8H2,(H,18,19,22). The fourth-order valence-electron chi connectivity index (χ4n) is 1.78. The first-order chi connectivity index (χ1) is 11.6. The molecule has 24 heavy (non-hydrogen) atoms. The predicted octanol–water partition coefficient (Wildman–Crippen LogP) is 4.17. The minimum absolute atomic E-state index is 0.118. The van der Waals surface area contributed by atoms with E-state index >= 15 is 0 Å². The first-order valence-electron chi connectivity index (χ1n) is 6.74. The lowest BCUT2D eigenvalue weighted by Gasteiger charge is -2.01. The Labute approximate surface area is 151 Å². The molecule has 1 aromatic carbocycles. The lowest BCUT2D eigenvalue weighted by Crippen LogP contribution is -2.14. The van der Waals surface area contributed by atoms with E-state index in [1.165, 1.54) is 0 Å². The first kappa shape index (κ1) is 16.8. The first-order valence-corrected chi connectivity index (χ1v) is 8.48. The van der Waals surface area contributed by atoms with Gasteiger partial charge in [-0.3, -0.25) is 4.79 Å². The topological polar surface area (TPSA) is 80.9 Å². The summed E-state index contributed by atoms with van der Waals surface area (Å²) in [6, 6.07) is 10.2. The van der Waals surface area contributed by atoms with Crippen molar-refractivity contribution in [2.75, 3.05) is 11.1 Å². The molecule has 0 unspecified atom stereocenters. The Balaban J connectivity index is 1.61. The highest BCUT2D eigenvalue weighted by molar-refractivity contribution is 7.99. The zero-order valence-corrected chi connectivity index (χ0v) is 14.4. The molecule has 2 heterocycles. The molecule has 122 valence electrons. The summed E-state index contributed by atoms with van der Waals surface area (Å²) >= 11 is 13.1. The summed E-state index contributed by atoms with van der Waals surface area (Å²) in [7, 11) is 0. The van der Waals surface area contributed by atoms with Crippen LogP contribution in [0.1, 0.15) is 0 Å². The molecular weight excluding hydrogens is 371 g/mol. The molecule has 0 saturated carbocycles. The van der Waals surface area contributed by atoms with Crippen molar-refractivity contribution in [2.45, 2.75) is 5.22 Å². The van der Waals surface area contributed by atoms with Crippen molar-refractivity contribution < 1.29 is 9.21 Å².